The minimum absolute atomic E-state index is 0.371. The Bertz CT molecular complexity index is 1170. The van der Waals surface area contributed by atoms with Crippen molar-refractivity contribution in [2.24, 2.45) is 0 Å². The van der Waals surface area contributed by atoms with Crippen LogP contribution in [0.15, 0.2) is 58.6 Å². The molecule has 0 atom stereocenters. The molecule has 4 aromatic rings. The van der Waals surface area contributed by atoms with Gasteiger partial charge in [0.15, 0.2) is 9.84 Å². The molecule has 0 aliphatic rings. The van der Waals surface area contributed by atoms with Gasteiger partial charge < -0.3 is 9.97 Å². The lowest BCUT2D eigenvalue weighted by atomic mass is 10.2. The van der Waals surface area contributed by atoms with E-state index in [1.54, 1.807) is 18.0 Å². The van der Waals surface area contributed by atoms with Gasteiger partial charge in [-0.1, -0.05) is 36.4 Å². The van der Waals surface area contributed by atoms with E-state index in [-0.39, 0.29) is 0 Å². The Morgan fingerprint density at radius 1 is 0.846 bits per heavy atom. The molecule has 136 valence electrons. The molecule has 0 aliphatic heterocycles. The van der Waals surface area contributed by atoms with Gasteiger partial charge in [-0.3, -0.25) is 0 Å². The predicted molar refractivity (Wildman–Crippen MR) is 111 cm³/mol. The maximum atomic E-state index is 11.4. The van der Waals surface area contributed by atoms with E-state index in [0.29, 0.717) is 4.90 Å². The molecule has 0 aliphatic carbocycles. The fourth-order valence-electron chi connectivity index (χ4n) is 3.04. The SMILES string of the molecule is CSc1c[nH]c2c(C)cccc12.Cc1cccc2c(S(C)(=O)=O)c[nH]c12. The molecule has 26 heavy (non-hydrogen) atoms. The van der Waals surface area contributed by atoms with E-state index in [1.165, 1.54) is 27.6 Å². The highest BCUT2D eigenvalue weighted by Crippen LogP contribution is 2.27. The lowest BCUT2D eigenvalue weighted by Crippen LogP contribution is -1.94. The minimum atomic E-state index is -3.13. The third-order valence-corrected chi connectivity index (χ3v) is 6.31. The van der Waals surface area contributed by atoms with Gasteiger partial charge in [0.1, 0.15) is 0 Å². The summed E-state index contributed by atoms with van der Waals surface area (Å²) in [6.07, 6.45) is 6.94. The molecule has 0 saturated carbocycles. The Balaban J connectivity index is 0.000000152. The summed E-state index contributed by atoms with van der Waals surface area (Å²) in [6, 6.07) is 12.0. The third-order valence-electron chi connectivity index (χ3n) is 4.39. The van der Waals surface area contributed by atoms with Crippen molar-refractivity contribution in [3.05, 3.63) is 59.9 Å². The summed E-state index contributed by atoms with van der Waals surface area (Å²) in [5.74, 6) is 0. The normalized spacial score (nSPS) is 11.5. The smallest absolute Gasteiger partial charge is 0.177 e. The second kappa shape index (κ2) is 7.21. The minimum Gasteiger partial charge on any atom is -0.360 e. The van der Waals surface area contributed by atoms with Crippen molar-refractivity contribution in [1.29, 1.82) is 0 Å². The topological polar surface area (TPSA) is 65.7 Å². The Labute approximate surface area is 157 Å². The van der Waals surface area contributed by atoms with Crippen molar-refractivity contribution in [2.45, 2.75) is 23.6 Å². The van der Waals surface area contributed by atoms with Crippen molar-refractivity contribution in [1.82, 2.24) is 9.97 Å². The van der Waals surface area contributed by atoms with Gasteiger partial charge >= 0.3 is 0 Å². The number of aromatic amines is 2. The third kappa shape index (κ3) is 3.52. The Morgan fingerprint density at radius 2 is 1.38 bits per heavy atom. The molecule has 0 saturated heterocycles. The van der Waals surface area contributed by atoms with Gasteiger partial charge in [0.05, 0.1) is 4.90 Å². The number of thioether (sulfide) groups is 1. The van der Waals surface area contributed by atoms with Gasteiger partial charge in [-0.2, -0.15) is 0 Å². The number of hydrogen-bond donors (Lipinski definition) is 2. The number of para-hydroxylation sites is 2. The zero-order chi connectivity index (χ0) is 18.9. The molecule has 0 amide bonds. The Kier molecular flexibility index (Phi) is 5.16. The number of sulfone groups is 1. The van der Waals surface area contributed by atoms with Gasteiger partial charge in [0, 0.05) is 45.4 Å². The molecule has 6 heteroatoms. The number of H-pyrrole nitrogens is 2. The standard InChI is InChI=1S/C10H11NO2S.C10H11NS/c1-7-4-3-5-8-9(14(2,12)13)6-11-10(7)8;1-7-4-3-5-8-9(12-2)6-11-10(7)8/h3-6,11H,1-2H3;3-6,11H,1-2H3. The van der Waals surface area contributed by atoms with Crippen LogP contribution in [0.2, 0.25) is 0 Å². The van der Waals surface area contributed by atoms with Crippen LogP contribution in [0.25, 0.3) is 21.8 Å². The largest absolute Gasteiger partial charge is 0.360 e. The Hall–Kier alpha value is -2.18. The number of benzene rings is 2. The molecule has 0 bridgehead atoms. The van der Waals surface area contributed by atoms with E-state index in [4.69, 9.17) is 0 Å². The van der Waals surface area contributed by atoms with Gasteiger partial charge in [-0.15, -0.1) is 11.8 Å². The highest BCUT2D eigenvalue weighted by atomic mass is 32.2. The fraction of sp³-hybridized carbons (Fsp3) is 0.200. The summed E-state index contributed by atoms with van der Waals surface area (Å²) < 4.78 is 22.8. The lowest BCUT2D eigenvalue weighted by molar-refractivity contribution is 0.602. The molecular weight excluding hydrogens is 364 g/mol. The van der Waals surface area contributed by atoms with Crippen molar-refractivity contribution >= 4 is 43.4 Å². The van der Waals surface area contributed by atoms with E-state index in [1.807, 2.05) is 25.1 Å². The van der Waals surface area contributed by atoms with Gasteiger partial charge in [0.25, 0.3) is 0 Å². The van der Waals surface area contributed by atoms with Crippen LogP contribution in [0.1, 0.15) is 11.1 Å². The zero-order valence-corrected chi connectivity index (χ0v) is 16.9. The first-order valence-electron chi connectivity index (χ1n) is 8.20. The van der Waals surface area contributed by atoms with Crippen molar-refractivity contribution < 1.29 is 8.42 Å². The second-order valence-corrected chi connectivity index (χ2v) is 9.11. The van der Waals surface area contributed by atoms with Crippen LogP contribution in [-0.4, -0.2) is 30.9 Å². The second-order valence-electron chi connectivity index (χ2n) is 6.28. The summed E-state index contributed by atoms with van der Waals surface area (Å²) in [7, 11) is -3.13. The predicted octanol–water partition coefficient (Wildman–Crippen LogP) is 5.08. The molecule has 0 unspecified atom stereocenters. The molecule has 0 fully saturated rings. The molecule has 0 spiro atoms. The highest BCUT2D eigenvalue weighted by molar-refractivity contribution is 7.98. The number of hydrogen-bond acceptors (Lipinski definition) is 3. The lowest BCUT2D eigenvalue weighted by Gasteiger charge is -1.96. The number of aryl methyl sites for hydroxylation is 2. The summed E-state index contributed by atoms with van der Waals surface area (Å²) in [6.45, 7) is 4.08. The summed E-state index contributed by atoms with van der Waals surface area (Å²) >= 11 is 1.78. The van der Waals surface area contributed by atoms with Crippen LogP contribution < -0.4 is 0 Å². The zero-order valence-electron chi connectivity index (χ0n) is 15.3. The van der Waals surface area contributed by atoms with Crippen molar-refractivity contribution in [3.8, 4) is 0 Å². The number of aromatic nitrogens is 2. The fourth-order valence-corrected chi connectivity index (χ4v) is 4.45. The Morgan fingerprint density at radius 3 is 1.96 bits per heavy atom. The van der Waals surface area contributed by atoms with Crippen LogP contribution in [0, 0.1) is 13.8 Å². The molecular formula is C20H22N2O2S2. The number of nitrogens with one attached hydrogen (secondary N) is 2. The highest BCUT2D eigenvalue weighted by Gasteiger charge is 2.13. The van der Waals surface area contributed by atoms with Crippen molar-refractivity contribution in [2.75, 3.05) is 12.5 Å². The summed E-state index contributed by atoms with van der Waals surface area (Å²) in [4.78, 5) is 7.97. The average Bonchev–Trinajstić information content (AvgIpc) is 3.20. The maximum absolute atomic E-state index is 11.4. The molecule has 2 aromatic carbocycles. The first-order valence-corrected chi connectivity index (χ1v) is 11.3. The summed E-state index contributed by atoms with van der Waals surface area (Å²) in [5, 5.41) is 2.11. The maximum Gasteiger partial charge on any atom is 0.177 e. The molecule has 2 heterocycles. The molecule has 2 aromatic heterocycles. The monoisotopic (exact) mass is 386 g/mol. The van der Waals surface area contributed by atoms with Crippen LogP contribution in [0.3, 0.4) is 0 Å². The van der Waals surface area contributed by atoms with Gasteiger partial charge in [0.2, 0.25) is 0 Å². The molecule has 4 rings (SSSR count). The van der Waals surface area contributed by atoms with Crippen LogP contribution >= 0.6 is 11.8 Å². The first kappa shape index (κ1) is 18.6. The van der Waals surface area contributed by atoms with E-state index < -0.39 is 9.84 Å². The van der Waals surface area contributed by atoms with Gasteiger partial charge in [-0.25, -0.2) is 8.42 Å². The first-order chi connectivity index (χ1) is 12.3. The molecule has 2 N–H and O–H groups in total. The summed E-state index contributed by atoms with van der Waals surface area (Å²) in [5.41, 5.74) is 4.53. The molecule has 4 nitrogen and oxygen atoms in total. The van der Waals surface area contributed by atoms with E-state index in [2.05, 4.69) is 47.5 Å². The van der Waals surface area contributed by atoms with Gasteiger partial charge in [-0.05, 0) is 31.2 Å². The number of fused-ring (bicyclic) bond motifs is 2. The number of rotatable bonds is 2. The van der Waals surface area contributed by atoms with Crippen LogP contribution in [0.5, 0.6) is 0 Å². The van der Waals surface area contributed by atoms with Crippen LogP contribution in [0.4, 0.5) is 0 Å². The molecule has 0 radical (unpaired) electrons. The van der Waals surface area contributed by atoms with E-state index >= 15 is 0 Å². The van der Waals surface area contributed by atoms with E-state index in [9.17, 15) is 8.42 Å². The average molecular weight is 387 g/mol. The van der Waals surface area contributed by atoms with Crippen LogP contribution in [-0.2, 0) is 9.84 Å². The van der Waals surface area contributed by atoms with E-state index in [0.717, 1.165) is 16.5 Å². The quantitative estimate of drug-likeness (QED) is 0.472. The van der Waals surface area contributed by atoms with Crippen molar-refractivity contribution in [3.63, 3.8) is 0 Å².